The van der Waals surface area contributed by atoms with Crippen LogP contribution in [0.15, 0.2) is 48.5 Å². The van der Waals surface area contributed by atoms with Crippen LogP contribution in [-0.4, -0.2) is 11.1 Å². The van der Waals surface area contributed by atoms with Crippen molar-refractivity contribution in [2.45, 2.75) is 13.0 Å². The average molecular weight is 292 g/mol. The van der Waals surface area contributed by atoms with Crippen LogP contribution in [0.3, 0.4) is 0 Å². The Morgan fingerprint density at radius 2 is 1.95 bits per heavy atom. The minimum Gasteiger partial charge on any atom is -0.474 e. The van der Waals surface area contributed by atoms with Crippen LogP contribution in [0.5, 0.6) is 5.75 Å². The Kier molecular flexibility index (Phi) is 4.61. The third-order valence-electron chi connectivity index (χ3n) is 2.78. The first-order chi connectivity index (χ1) is 9.61. The minimum absolute atomic E-state index is 0.393. The topological polar surface area (TPSA) is 58.6 Å². The molecule has 1 unspecified atom stereocenters. The van der Waals surface area contributed by atoms with Crippen molar-refractivity contribution in [3.05, 3.63) is 64.7 Å². The van der Waals surface area contributed by atoms with E-state index in [0.29, 0.717) is 16.3 Å². The van der Waals surface area contributed by atoms with E-state index < -0.39 is 12.0 Å². The summed E-state index contributed by atoms with van der Waals surface area (Å²) in [6.07, 6.45) is -0.972. The van der Waals surface area contributed by atoms with Gasteiger partial charge in [0.2, 0.25) is 6.10 Å². The number of carbonyl (C=O) groups is 1. The van der Waals surface area contributed by atoms with Crippen molar-refractivity contribution in [1.29, 1.82) is 0 Å². The van der Waals surface area contributed by atoms with Crippen molar-refractivity contribution >= 4 is 17.5 Å². The van der Waals surface area contributed by atoms with Gasteiger partial charge in [0.05, 0.1) is 5.02 Å². The Balaban J connectivity index is 2.34. The average Bonchev–Trinajstić information content (AvgIpc) is 2.48. The van der Waals surface area contributed by atoms with Gasteiger partial charge in [-0.2, -0.15) is 0 Å². The van der Waals surface area contributed by atoms with Crippen LogP contribution in [0.1, 0.15) is 17.2 Å². The Labute approximate surface area is 121 Å². The Morgan fingerprint density at radius 3 is 2.60 bits per heavy atom. The van der Waals surface area contributed by atoms with E-state index in [1.54, 1.807) is 41.9 Å². The number of rotatable bonds is 4. The normalized spacial score (nSPS) is 11.8. The molecule has 0 aromatic heterocycles. The van der Waals surface area contributed by atoms with Crippen LogP contribution in [0.2, 0.25) is 5.02 Å². The molecule has 0 saturated carbocycles. The molecule has 4 nitrogen and oxygen atoms in total. The monoisotopic (exact) mass is 291 g/mol. The number of hydrogen-bond donors (Lipinski definition) is 2. The molecule has 0 spiro atoms. The summed E-state index contributed by atoms with van der Waals surface area (Å²) >= 11 is 6.06. The number of aryl methyl sites for hydroxylation is 1. The SMILES string of the molecule is Cc1ccc(Cl)c(OC(C(=O)NO)c2ccccc2)c1. The largest absolute Gasteiger partial charge is 0.474 e. The quantitative estimate of drug-likeness (QED) is 0.671. The molecule has 0 aliphatic carbocycles. The van der Waals surface area contributed by atoms with Gasteiger partial charge in [0.25, 0.3) is 5.91 Å². The van der Waals surface area contributed by atoms with Gasteiger partial charge in [0, 0.05) is 5.56 Å². The molecule has 2 rings (SSSR count). The van der Waals surface area contributed by atoms with Crippen LogP contribution in [-0.2, 0) is 4.79 Å². The molecule has 0 radical (unpaired) electrons. The summed E-state index contributed by atoms with van der Waals surface area (Å²) in [7, 11) is 0. The summed E-state index contributed by atoms with van der Waals surface area (Å²) in [6, 6.07) is 14.2. The third kappa shape index (κ3) is 3.29. The van der Waals surface area contributed by atoms with Gasteiger partial charge in [-0.3, -0.25) is 10.0 Å². The molecule has 20 heavy (non-hydrogen) atoms. The van der Waals surface area contributed by atoms with Gasteiger partial charge in [-0.05, 0) is 24.6 Å². The third-order valence-corrected chi connectivity index (χ3v) is 3.09. The zero-order valence-corrected chi connectivity index (χ0v) is 11.6. The molecular formula is C15H14ClNO3. The lowest BCUT2D eigenvalue weighted by Gasteiger charge is -2.18. The zero-order chi connectivity index (χ0) is 14.5. The number of amides is 1. The number of ether oxygens (including phenoxy) is 1. The molecule has 2 N–H and O–H groups in total. The number of carbonyl (C=O) groups excluding carboxylic acids is 1. The molecule has 0 aliphatic rings. The molecule has 2 aromatic rings. The minimum atomic E-state index is -0.972. The molecule has 0 aliphatic heterocycles. The van der Waals surface area contributed by atoms with Crippen LogP contribution >= 0.6 is 11.6 Å². The standard InChI is InChI=1S/C15H14ClNO3/c1-10-7-8-12(16)13(9-10)20-14(15(18)17-19)11-5-3-2-4-6-11/h2-9,14,19H,1H3,(H,17,18). The fourth-order valence-electron chi connectivity index (χ4n) is 1.79. The van der Waals surface area contributed by atoms with Gasteiger partial charge in [-0.25, -0.2) is 5.48 Å². The number of nitrogens with one attached hydrogen (secondary N) is 1. The number of hydroxylamine groups is 1. The number of benzene rings is 2. The lowest BCUT2D eigenvalue weighted by Crippen LogP contribution is -2.30. The van der Waals surface area contributed by atoms with Gasteiger partial charge >= 0.3 is 0 Å². The van der Waals surface area contributed by atoms with E-state index in [1.165, 1.54) is 0 Å². The molecule has 0 heterocycles. The smallest absolute Gasteiger partial charge is 0.289 e. The maximum absolute atomic E-state index is 11.8. The van der Waals surface area contributed by atoms with Gasteiger partial charge in [-0.15, -0.1) is 0 Å². The Morgan fingerprint density at radius 1 is 1.25 bits per heavy atom. The van der Waals surface area contributed by atoms with E-state index in [-0.39, 0.29) is 0 Å². The fourth-order valence-corrected chi connectivity index (χ4v) is 1.95. The predicted octanol–water partition coefficient (Wildman–Crippen LogP) is 3.27. The molecule has 0 bridgehead atoms. The first-order valence-electron chi connectivity index (χ1n) is 6.03. The molecule has 0 fully saturated rings. The first-order valence-corrected chi connectivity index (χ1v) is 6.41. The summed E-state index contributed by atoms with van der Waals surface area (Å²) in [4.78, 5) is 11.8. The predicted molar refractivity (Wildman–Crippen MR) is 75.9 cm³/mol. The van der Waals surface area contributed by atoms with Gasteiger partial charge < -0.3 is 4.74 Å². The van der Waals surface area contributed by atoms with E-state index in [2.05, 4.69) is 0 Å². The highest BCUT2D eigenvalue weighted by molar-refractivity contribution is 6.32. The van der Waals surface area contributed by atoms with Crippen LogP contribution in [0.4, 0.5) is 0 Å². The van der Waals surface area contributed by atoms with Crippen molar-refractivity contribution in [3.63, 3.8) is 0 Å². The van der Waals surface area contributed by atoms with Crippen LogP contribution < -0.4 is 10.2 Å². The van der Waals surface area contributed by atoms with Crippen molar-refractivity contribution in [2.24, 2.45) is 0 Å². The number of hydrogen-bond acceptors (Lipinski definition) is 3. The number of halogens is 1. The van der Waals surface area contributed by atoms with Crippen molar-refractivity contribution in [3.8, 4) is 5.75 Å². The molecule has 0 saturated heterocycles. The Bertz CT molecular complexity index is 601. The van der Waals surface area contributed by atoms with Crippen molar-refractivity contribution in [1.82, 2.24) is 5.48 Å². The molecule has 5 heteroatoms. The Hall–Kier alpha value is -2.04. The molecular weight excluding hydrogens is 278 g/mol. The lowest BCUT2D eigenvalue weighted by atomic mass is 10.1. The van der Waals surface area contributed by atoms with Gasteiger partial charge in [0.15, 0.2) is 0 Å². The van der Waals surface area contributed by atoms with Crippen LogP contribution in [0.25, 0.3) is 0 Å². The highest BCUT2D eigenvalue weighted by Gasteiger charge is 2.23. The molecule has 104 valence electrons. The van der Waals surface area contributed by atoms with E-state index in [1.807, 2.05) is 19.1 Å². The summed E-state index contributed by atoms with van der Waals surface area (Å²) < 4.78 is 5.66. The van der Waals surface area contributed by atoms with E-state index in [9.17, 15) is 4.79 Å². The fraction of sp³-hybridized carbons (Fsp3) is 0.133. The van der Waals surface area contributed by atoms with E-state index >= 15 is 0 Å². The highest BCUT2D eigenvalue weighted by Crippen LogP contribution is 2.30. The first kappa shape index (κ1) is 14.4. The molecule has 1 atom stereocenters. The van der Waals surface area contributed by atoms with Gasteiger partial charge in [-0.1, -0.05) is 48.0 Å². The van der Waals surface area contributed by atoms with E-state index in [0.717, 1.165) is 5.56 Å². The summed E-state index contributed by atoms with van der Waals surface area (Å²) in [5.74, 6) is -0.266. The second kappa shape index (κ2) is 6.41. The highest BCUT2D eigenvalue weighted by atomic mass is 35.5. The maximum Gasteiger partial charge on any atom is 0.289 e. The lowest BCUT2D eigenvalue weighted by molar-refractivity contribution is -0.136. The van der Waals surface area contributed by atoms with Crippen molar-refractivity contribution < 1.29 is 14.7 Å². The maximum atomic E-state index is 11.8. The summed E-state index contributed by atoms with van der Waals surface area (Å²) in [5.41, 5.74) is 3.19. The second-order valence-corrected chi connectivity index (χ2v) is 4.73. The van der Waals surface area contributed by atoms with Crippen LogP contribution in [0, 0.1) is 6.92 Å². The molecule has 2 aromatic carbocycles. The summed E-state index contributed by atoms with van der Waals surface area (Å²) in [5, 5.41) is 9.26. The van der Waals surface area contributed by atoms with Crippen molar-refractivity contribution in [2.75, 3.05) is 0 Å². The zero-order valence-electron chi connectivity index (χ0n) is 10.8. The second-order valence-electron chi connectivity index (χ2n) is 4.32. The molecule has 1 amide bonds. The van der Waals surface area contributed by atoms with Gasteiger partial charge in [0.1, 0.15) is 5.75 Å². The van der Waals surface area contributed by atoms with E-state index in [4.69, 9.17) is 21.5 Å². The summed E-state index contributed by atoms with van der Waals surface area (Å²) in [6.45, 7) is 1.90.